The Balaban J connectivity index is 0.00000341. The molecule has 0 radical (unpaired) electrons. The molecule has 0 amide bonds. The van der Waals surface area contributed by atoms with Crippen molar-refractivity contribution in [2.45, 2.75) is 65.6 Å². The minimum atomic E-state index is 0. The first kappa shape index (κ1) is 25.9. The number of nitrogens with zero attached hydrogens (tertiary/aromatic N) is 2. The first-order valence-corrected chi connectivity index (χ1v) is 11.7. The van der Waals surface area contributed by atoms with Gasteiger partial charge in [0.05, 0.1) is 29.9 Å². The minimum absolute atomic E-state index is 0. The van der Waals surface area contributed by atoms with Crippen LogP contribution in [0.3, 0.4) is 0 Å². The SMILES string of the molecule is CCNC(=NCc1ccc(C)cc1OCC1CCCO1)NCc1csc(C(C)C)n1.I. The molecule has 31 heavy (non-hydrogen) atoms. The summed E-state index contributed by atoms with van der Waals surface area (Å²) in [6.45, 7) is 11.9. The van der Waals surface area contributed by atoms with Gasteiger partial charge >= 0.3 is 0 Å². The Kier molecular flexibility index (Phi) is 11.0. The van der Waals surface area contributed by atoms with Crippen LogP contribution in [0.5, 0.6) is 5.75 Å². The summed E-state index contributed by atoms with van der Waals surface area (Å²) in [4.78, 5) is 9.46. The van der Waals surface area contributed by atoms with Gasteiger partial charge in [0, 0.05) is 30.0 Å². The van der Waals surface area contributed by atoms with E-state index in [2.05, 4.69) is 66.9 Å². The maximum absolute atomic E-state index is 6.10. The number of thiazole rings is 1. The highest BCUT2D eigenvalue weighted by atomic mass is 127. The number of ether oxygens (including phenoxy) is 2. The fraction of sp³-hybridized carbons (Fsp3) is 0.565. The van der Waals surface area contributed by atoms with Gasteiger partial charge in [-0.2, -0.15) is 0 Å². The van der Waals surface area contributed by atoms with Crippen molar-refractivity contribution in [2.75, 3.05) is 19.8 Å². The average molecular weight is 559 g/mol. The van der Waals surface area contributed by atoms with Crippen LogP contribution in [0.25, 0.3) is 0 Å². The molecule has 1 aliphatic heterocycles. The number of aryl methyl sites for hydroxylation is 1. The highest BCUT2D eigenvalue weighted by Crippen LogP contribution is 2.23. The predicted octanol–water partition coefficient (Wildman–Crippen LogP) is 5.01. The van der Waals surface area contributed by atoms with Crippen molar-refractivity contribution in [3.05, 3.63) is 45.4 Å². The zero-order valence-electron chi connectivity index (χ0n) is 18.9. The molecule has 0 spiro atoms. The van der Waals surface area contributed by atoms with Crippen molar-refractivity contribution in [2.24, 2.45) is 4.99 Å². The highest BCUT2D eigenvalue weighted by Gasteiger charge is 2.17. The Bertz CT molecular complexity index is 835. The molecule has 1 unspecified atom stereocenters. The molecule has 2 heterocycles. The second-order valence-corrected chi connectivity index (χ2v) is 8.83. The molecule has 0 saturated carbocycles. The molecule has 2 N–H and O–H groups in total. The van der Waals surface area contributed by atoms with Crippen molar-refractivity contribution in [3.8, 4) is 5.75 Å². The maximum Gasteiger partial charge on any atom is 0.191 e. The summed E-state index contributed by atoms with van der Waals surface area (Å²) < 4.78 is 11.8. The molecule has 3 rings (SSSR count). The topological polar surface area (TPSA) is 67.8 Å². The summed E-state index contributed by atoms with van der Waals surface area (Å²) in [5.74, 6) is 2.13. The second-order valence-electron chi connectivity index (χ2n) is 7.94. The molecule has 1 fully saturated rings. The summed E-state index contributed by atoms with van der Waals surface area (Å²) in [6, 6.07) is 6.29. The van der Waals surface area contributed by atoms with Gasteiger partial charge < -0.3 is 20.1 Å². The third-order valence-corrected chi connectivity index (χ3v) is 6.12. The van der Waals surface area contributed by atoms with E-state index in [1.54, 1.807) is 11.3 Å². The summed E-state index contributed by atoms with van der Waals surface area (Å²) in [6.07, 6.45) is 2.40. The third kappa shape index (κ3) is 8.23. The van der Waals surface area contributed by atoms with Crippen molar-refractivity contribution >= 4 is 41.3 Å². The Hall–Kier alpha value is -1.39. The van der Waals surface area contributed by atoms with Crippen molar-refractivity contribution in [1.29, 1.82) is 0 Å². The fourth-order valence-corrected chi connectivity index (χ4v) is 4.07. The van der Waals surface area contributed by atoms with Crippen LogP contribution < -0.4 is 15.4 Å². The Morgan fingerprint density at radius 1 is 1.35 bits per heavy atom. The smallest absolute Gasteiger partial charge is 0.191 e. The summed E-state index contributed by atoms with van der Waals surface area (Å²) >= 11 is 1.71. The maximum atomic E-state index is 6.10. The molecule has 1 aromatic carbocycles. The standard InChI is InChI=1S/C23H34N4O2S.HI/c1-5-24-23(26-13-19-15-30-22(27-19)16(2)3)25-12-18-9-8-17(4)11-21(18)29-14-20-7-6-10-28-20;/h8-9,11,15-16,20H,5-7,10,12-14H2,1-4H3,(H2,24,25,26);1H. The van der Waals surface area contributed by atoms with Gasteiger partial charge in [0.1, 0.15) is 12.4 Å². The van der Waals surface area contributed by atoms with Crippen LogP contribution in [-0.2, 0) is 17.8 Å². The van der Waals surface area contributed by atoms with E-state index in [9.17, 15) is 0 Å². The third-order valence-electron chi connectivity index (χ3n) is 4.92. The zero-order chi connectivity index (χ0) is 21.3. The fourth-order valence-electron chi connectivity index (χ4n) is 3.23. The quantitative estimate of drug-likeness (QED) is 0.258. The van der Waals surface area contributed by atoms with E-state index in [4.69, 9.17) is 14.5 Å². The lowest BCUT2D eigenvalue weighted by Crippen LogP contribution is -2.36. The Morgan fingerprint density at radius 2 is 2.19 bits per heavy atom. The molecular weight excluding hydrogens is 523 g/mol. The largest absolute Gasteiger partial charge is 0.491 e. The molecule has 1 aromatic heterocycles. The molecule has 8 heteroatoms. The van der Waals surface area contributed by atoms with Crippen LogP contribution in [0.1, 0.15) is 61.4 Å². The van der Waals surface area contributed by atoms with E-state index in [1.165, 1.54) is 10.6 Å². The van der Waals surface area contributed by atoms with E-state index in [0.29, 0.717) is 25.6 Å². The van der Waals surface area contributed by atoms with Crippen LogP contribution in [0.15, 0.2) is 28.6 Å². The van der Waals surface area contributed by atoms with Gasteiger partial charge in [0.25, 0.3) is 0 Å². The van der Waals surface area contributed by atoms with Gasteiger partial charge in [0.2, 0.25) is 0 Å². The lowest BCUT2D eigenvalue weighted by Gasteiger charge is -2.15. The minimum Gasteiger partial charge on any atom is -0.491 e. The number of rotatable bonds is 9. The number of aliphatic imine (C=N–C) groups is 1. The van der Waals surface area contributed by atoms with E-state index in [1.807, 2.05) is 0 Å². The number of guanidine groups is 1. The molecule has 2 aromatic rings. The lowest BCUT2D eigenvalue weighted by atomic mass is 10.1. The van der Waals surface area contributed by atoms with E-state index in [-0.39, 0.29) is 30.1 Å². The van der Waals surface area contributed by atoms with Gasteiger partial charge in [-0.1, -0.05) is 26.0 Å². The van der Waals surface area contributed by atoms with Gasteiger partial charge in [-0.15, -0.1) is 35.3 Å². The first-order valence-electron chi connectivity index (χ1n) is 10.9. The van der Waals surface area contributed by atoms with E-state index >= 15 is 0 Å². The average Bonchev–Trinajstić information content (AvgIpc) is 3.41. The molecule has 0 aliphatic carbocycles. The van der Waals surface area contributed by atoms with Gasteiger partial charge in [-0.05, 0) is 38.3 Å². The lowest BCUT2D eigenvalue weighted by molar-refractivity contribution is 0.0676. The number of halogens is 1. The summed E-state index contributed by atoms with van der Waals surface area (Å²) in [5.41, 5.74) is 3.30. The molecular formula is C23H35IN4O2S. The van der Waals surface area contributed by atoms with E-state index < -0.39 is 0 Å². The monoisotopic (exact) mass is 558 g/mol. The predicted molar refractivity (Wildman–Crippen MR) is 139 cm³/mol. The van der Waals surface area contributed by atoms with Crippen molar-refractivity contribution < 1.29 is 9.47 Å². The normalized spacial score (nSPS) is 16.3. The molecule has 0 bridgehead atoms. The number of nitrogens with one attached hydrogen (secondary N) is 2. The van der Waals surface area contributed by atoms with E-state index in [0.717, 1.165) is 49.0 Å². The second kappa shape index (κ2) is 13.2. The van der Waals surface area contributed by atoms with Crippen LogP contribution >= 0.6 is 35.3 Å². The van der Waals surface area contributed by atoms with Crippen molar-refractivity contribution in [3.63, 3.8) is 0 Å². The van der Waals surface area contributed by atoms with Crippen LogP contribution in [0, 0.1) is 6.92 Å². The number of benzene rings is 1. The molecule has 1 atom stereocenters. The number of hydrogen-bond acceptors (Lipinski definition) is 5. The van der Waals surface area contributed by atoms with Crippen molar-refractivity contribution in [1.82, 2.24) is 15.6 Å². The Morgan fingerprint density at radius 3 is 2.87 bits per heavy atom. The van der Waals surface area contributed by atoms with Crippen LogP contribution in [0.4, 0.5) is 0 Å². The molecule has 1 aliphatic rings. The molecule has 172 valence electrons. The Labute approximate surface area is 207 Å². The highest BCUT2D eigenvalue weighted by molar-refractivity contribution is 14.0. The van der Waals surface area contributed by atoms with Gasteiger partial charge in [-0.3, -0.25) is 0 Å². The summed E-state index contributed by atoms with van der Waals surface area (Å²) in [5, 5.41) is 9.99. The number of hydrogen-bond donors (Lipinski definition) is 2. The first-order chi connectivity index (χ1) is 14.5. The van der Waals surface area contributed by atoms with Crippen LogP contribution in [0.2, 0.25) is 0 Å². The number of aromatic nitrogens is 1. The zero-order valence-corrected chi connectivity index (χ0v) is 22.1. The van der Waals surface area contributed by atoms with Gasteiger partial charge in [0.15, 0.2) is 5.96 Å². The molecule has 6 nitrogen and oxygen atoms in total. The van der Waals surface area contributed by atoms with Gasteiger partial charge in [-0.25, -0.2) is 9.98 Å². The van der Waals surface area contributed by atoms with Crippen LogP contribution in [-0.4, -0.2) is 36.8 Å². The molecule has 1 saturated heterocycles. The summed E-state index contributed by atoms with van der Waals surface area (Å²) in [7, 11) is 0.